The van der Waals surface area contributed by atoms with Gasteiger partial charge >= 0.3 is 0 Å². The van der Waals surface area contributed by atoms with Crippen molar-refractivity contribution in [2.45, 2.75) is 43.4 Å². The first-order valence-corrected chi connectivity index (χ1v) is 12.2. The topological polar surface area (TPSA) is 83.5 Å². The highest BCUT2D eigenvalue weighted by Gasteiger charge is 2.28. The molecule has 0 aromatic heterocycles. The van der Waals surface area contributed by atoms with E-state index in [1.165, 1.54) is 28.6 Å². The van der Waals surface area contributed by atoms with E-state index in [1.54, 1.807) is 19.1 Å². The van der Waals surface area contributed by atoms with Crippen molar-refractivity contribution < 1.29 is 16.8 Å². The Kier molecular flexibility index (Phi) is 5.84. The van der Waals surface area contributed by atoms with Gasteiger partial charge in [0.2, 0.25) is 10.0 Å². The number of piperidine rings is 1. The van der Waals surface area contributed by atoms with E-state index in [-0.39, 0.29) is 9.79 Å². The quantitative estimate of drug-likeness (QED) is 0.799. The third kappa shape index (κ3) is 4.39. The molecule has 0 saturated carbocycles. The molecule has 2 aromatic carbocycles. The second-order valence-corrected chi connectivity index (χ2v) is 11.1. The van der Waals surface area contributed by atoms with Crippen LogP contribution < -0.4 is 4.72 Å². The van der Waals surface area contributed by atoms with Crippen molar-refractivity contribution in [3.05, 3.63) is 53.6 Å². The molecule has 1 aliphatic rings. The van der Waals surface area contributed by atoms with Crippen molar-refractivity contribution in [1.29, 1.82) is 0 Å². The van der Waals surface area contributed by atoms with Gasteiger partial charge < -0.3 is 0 Å². The van der Waals surface area contributed by atoms with Gasteiger partial charge in [-0.3, -0.25) is 4.72 Å². The van der Waals surface area contributed by atoms with Gasteiger partial charge in [0.15, 0.2) is 0 Å². The molecule has 152 valence electrons. The molecule has 2 aromatic rings. The van der Waals surface area contributed by atoms with Crippen molar-refractivity contribution in [3.63, 3.8) is 0 Å². The van der Waals surface area contributed by atoms with Crippen molar-refractivity contribution in [1.82, 2.24) is 4.31 Å². The Bertz CT molecular complexity index is 1050. The molecule has 0 bridgehead atoms. The molecule has 0 aliphatic carbocycles. The maximum absolute atomic E-state index is 12.8. The first-order valence-electron chi connectivity index (χ1n) is 9.30. The van der Waals surface area contributed by atoms with E-state index in [0.29, 0.717) is 30.3 Å². The molecule has 0 spiro atoms. The monoisotopic (exact) mass is 422 g/mol. The zero-order chi connectivity index (χ0) is 20.5. The summed E-state index contributed by atoms with van der Waals surface area (Å²) >= 11 is 0. The molecule has 6 nitrogen and oxygen atoms in total. The van der Waals surface area contributed by atoms with Gasteiger partial charge in [-0.05, 0) is 68.5 Å². The summed E-state index contributed by atoms with van der Waals surface area (Å²) < 4.78 is 54.9. The van der Waals surface area contributed by atoms with Gasteiger partial charge in [0.25, 0.3) is 10.0 Å². The Balaban J connectivity index is 1.79. The van der Waals surface area contributed by atoms with Gasteiger partial charge in [0.05, 0.1) is 9.79 Å². The molecule has 0 amide bonds. The van der Waals surface area contributed by atoms with Gasteiger partial charge in [-0.1, -0.05) is 24.6 Å². The number of rotatable bonds is 5. The second kappa shape index (κ2) is 7.85. The van der Waals surface area contributed by atoms with Crippen molar-refractivity contribution >= 4 is 25.7 Å². The van der Waals surface area contributed by atoms with E-state index in [4.69, 9.17) is 0 Å². The van der Waals surface area contributed by atoms with Crippen LogP contribution in [0.5, 0.6) is 0 Å². The molecule has 1 N–H and O–H groups in total. The van der Waals surface area contributed by atoms with Crippen LogP contribution in [0.4, 0.5) is 5.69 Å². The number of anilines is 1. The lowest BCUT2D eigenvalue weighted by molar-refractivity contribution is 0.288. The number of benzene rings is 2. The minimum Gasteiger partial charge on any atom is -0.280 e. The maximum atomic E-state index is 12.8. The van der Waals surface area contributed by atoms with Crippen LogP contribution in [0.15, 0.2) is 52.3 Å². The zero-order valence-corrected chi connectivity index (χ0v) is 18.0. The van der Waals surface area contributed by atoms with Gasteiger partial charge in [0.1, 0.15) is 0 Å². The molecule has 1 saturated heterocycles. The van der Waals surface area contributed by atoms with E-state index in [2.05, 4.69) is 11.6 Å². The Hall–Kier alpha value is -1.90. The fourth-order valence-electron chi connectivity index (χ4n) is 3.38. The van der Waals surface area contributed by atoms with Gasteiger partial charge in [-0.2, -0.15) is 4.31 Å². The van der Waals surface area contributed by atoms with Crippen LogP contribution in [-0.2, 0) is 20.0 Å². The second-order valence-electron chi connectivity index (χ2n) is 7.49. The Morgan fingerprint density at radius 2 is 1.54 bits per heavy atom. The van der Waals surface area contributed by atoms with Crippen LogP contribution in [0.25, 0.3) is 0 Å². The molecule has 1 heterocycles. The van der Waals surface area contributed by atoms with Crippen LogP contribution >= 0.6 is 0 Å². The molecule has 0 radical (unpaired) electrons. The smallest absolute Gasteiger partial charge is 0.262 e. The summed E-state index contributed by atoms with van der Waals surface area (Å²) in [7, 11) is -7.30. The fourth-order valence-corrected chi connectivity index (χ4v) is 6.14. The highest BCUT2D eigenvalue weighted by molar-refractivity contribution is 7.92. The van der Waals surface area contributed by atoms with E-state index >= 15 is 0 Å². The first-order chi connectivity index (χ1) is 13.1. The van der Waals surface area contributed by atoms with Gasteiger partial charge in [-0.25, -0.2) is 16.8 Å². The van der Waals surface area contributed by atoms with Crippen LogP contribution in [0.1, 0.15) is 30.9 Å². The Morgan fingerprint density at radius 3 is 2.11 bits per heavy atom. The molecule has 28 heavy (non-hydrogen) atoms. The summed E-state index contributed by atoms with van der Waals surface area (Å²) in [4.78, 5) is 0.383. The molecule has 3 rings (SSSR count). The lowest BCUT2D eigenvalue weighted by atomic mass is 10.0. The molecule has 1 aliphatic heterocycles. The summed E-state index contributed by atoms with van der Waals surface area (Å²) in [6, 6.07) is 11.0. The highest BCUT2D eigenvalue weighted by atomic mass is 32.2. The summed E-state index contributed by atoms with van der Waals surface area (Å²) in [5, 5.41) is 0. The Labute approximate surface area is 167 Å². The minimum atomic E-state index is -3.75. The normalized spacial score (nSPS) is 16.8. The minimum absolute atomic E-state index is 0.177. The van der Waals surface area contributed by atoms with Gasteiger partial charge in [0, 0.05) is 18.8 Å². The predicted molar refractivity (Wildman–Crippen MR) is 110 cm³/mol. The maximum Gasteiger partial charge on any atom is 0.262 e. The molecule has 0 atom stereocenters. The fraction of sp³-hybridized carbons (Fsp3) is 0.400. The first kappa shape index (κ1) is 20.8. The molecule has 1 fully saturated rings. The molecule has 8 heteroatoms. The summed E-state index contributed by atoms with van der Waals surface area (Å²) in [5.74, 6) is 0.536. The van der Waals surface area contributed by atoms with E-state index in [0.717, 1.165) is 18.4 Å². The standard InChI is InChI=1S/C20H26N2O4S2/c1-15-10-12-22(13-11-15)28(25,26)19-7-5-18(6-8-19)21-27(23,24)20-9-4-16(2)14-17(20)3/h4-9,14-15,21H,10-13H2,1-3H3. The van der Waals surface area contributed by atoms with Crippen LogP contribution in [-0.4, -0.2) is 34.2 Å². The number of hydrogen-bond acceptors (Lipinski definition) is 4. The summed E-state index contributed by atoms with van der Waals surface area (Å²) in [6.45, 7) is 6.81. The van der Waals surface area contributed by atoms with Crippen molar-refractivity contribution in [2.75, 3.05) is 17.8 Å². The number of aryl methyl sites for hydroxylation is 2. The summed E-state index contributed by atoms with van der Waals surface area (Å²) in [5.41, 5.74) is 1.97. The van der Waals surface area contributed by atoms with Crippen molar-refractivity contribution in [3.8, 4) is 0 Å². The Morgan fingerprint density at radius 1 is 0.929 bits per heavy atom. The van der Waals surface area contributed by atoms with Crippen LogP contribution in [0, 0.1) is 19.8 Å². The third-order valence-corrected chi connectivity index (χ3v) is 8.56. The van der Waals surface area contributed by atoms with E-state index in [1.807, 2.05) is 13.0 Å². The van der Waals surface area contributed by atoms with Crippen molar-refractivity contribution in [2.24, 2.45) is 5.92 Å². The third-order valence-electron chi connectivity index (χ3n) is 5.11. The number of nitrogens with zero attached hydrogens (tertiary/aromatic N) is 1. The zero-order valence-electron chi connectivity index (χ0n) is 16.3. The largest absolute Gasteiger partial charge is 0.280 e. The highest BCUT2D eigenvalue weighted by Crippen LogP contribution is 2.25. The lowest BCUT2D eigenvalue weighted by Crippen LogP contribution is -2.37. The van der Waals surface area contributed by atoms with Crippen LogP contribution in [0.3, 0.4) is 0 Å². The number of hydrogen-bond donors (Lipinski definition) is 1. The summed E-state index contributed by atoms with van der Waals surface area (Å²) in [6.07, 6.45) is 1.71. The number of nitrogens with one attached hydrogen (secondary N) is 1. The van der Waals surface area contributed by atoms with E-state index < -0.39 is 20.0 Å². The molecular formula is C20H26N2O4S2. The molecular weight excluding hydrogens is 396 g/mol. The van der Waals surface area contributed by atoms with Crippen LogP contribution in [0.2, 0.25) is 0 Å². The SMILES string of the molecule is Cc1ccc(S(=O)(=O)Nc2ccc(S(=O)(=O)N3CCC(C)CC3)cc2)c(C)c1. The van der Waals surface area contributed by atoms with E-state index in [9.17, 15) is 16.8 Å². The number of sulfonamides is 2. The predicted octanol–water partition coefficient (Wildman–Crippen LogP) is 3.52. The average Bonchev–Trinajstić information content (AvgIpc) is 2.62. The average molecular weight is 423 g/mol. The van der Waals surface area contributed by atoms with Gasteiger partial charge in [-0.15, -0.1) is 0 Å². The molecule has 0 unspecified atom stereocenters. The lowest BCUT2D eigenvalue weighted by Gasteiger charge is -2.29.